The van der Waals surface area contributed by atoms with Gasteiger partial charge in [0.1, 0.15) is 0 Å². The molecule has 2 nitrogen and oxygen atoms in total. The zero-order chi connectivity index (χ0) is 10.3. The number of benzene rings is 1. The molecule has 0 N–H and O–H groups in total. The second-order valence-corrected chi connectivity index (χ2v) is 4.34. The van der Waals surface area contributed by atoms with Gasteiger partial charge in [0.15, 0.2) is 0 Å². The van der Waals surface area contributed by atoms with E-state index in [1.807, 2.05) is 0 Å². The number of likely N-dealkylation sites (tertiary alicyclic amines) is 1. The minimum Gasteiger partial charge on any atom is -0.299 e. The van der Waals surface area contributed by atoms with E-state index in [-0.39, 0.29) is 0 Å². The van der Waals surface area contributed by atoms with Crippen molar-refractivity contribution >= 4 is 5.57 Å². The predicted octanol–water partition coefficient (Wildman–Crippen LogP) is 0.565. The third-order valence-electron chi connectivity index (χ3n) is 3.51. The van der Waals surface area contributed by atoms with E-state index < -0.39 is 0 Å². The first kappa shape index (κ1) is 9.10. The fourth-order valence-corrected chi connectivity index (χ4v) is 2.61. The Labute approximate surface area is 89.9 Å². The lowest BCUT2D eigenvalue weighted by molar-refractivity contribution is 0.288. The van der Waals surface area contributed by atoms with E-state index in [2.05, 4.69) is 36.1 Å². The van der Waals surface area contributed by atoms with Gasteiger partial charge in [-0.15, -0.1) is 0 Å². The number of nitrogens with zero attached hydrogens (tertiary/aromatic N) is 2. The van der Waals surface area contributed by atoms with Gasteiger partial charge >= 0.3 is 0 Å². The van der Waals surface area contributed by atoms with Crippen LogP contribution in [0, 0.1) is 0 Å². The number of hydrogen-bond acceptors (Lipinski definition) is 2. The molecule has 1 unspecified atom stereocenters. The Kier molecular flexibility index (Phi) is 2.10. The molecule has 2 heteroatoms. The smallest absolute Gasteiger partial charge is 0.0750 e. The maximum absolute atomic E-state index is 4.78. The van der Waals surface area contributed by atoms with Gasteiger partial charge in [0.25, 0.3) is 0 Å². The van der Waals surface area contributed by atoms with Crippen molar-refractivity contribution in [2.45, 2.75) is 19.4 Å². The van der Waals surface area contributed by atoms with Crippen LogP contribution in [0.25, 0.3) is 5.57 Å². The SMILES string of the molecule is CCN1CCC2N=c3ccccc3=C2C1. The minimum atomic E-state index is 0.477. The van der Waals surface area contributed by atoms with Crippen molar-refractivity contribution in [3.63, 3.8) is 0 Å². The Balaban J connectivity index is 2.11. The van der Waals surface area contributed by atoms with Crippen molar-refractivity contribution in [1.29, 1.82) is 0 Å². The molecule has 0 saturated carbocycles. The average molecular weight is 200 g/mol. The molecule has 2 heterocycles. The zero-order valence-electron chi connectivity index (χ0n) is 9.11. The summed E-state index contributed by atoms with van der Waals surface area (Å²) in [6.07, 6.45) is 1.19. The van der Waals surface area contributed by atoms with Crippen molar-refractivity contribution in [2.24, 2.45) is 4.99 Å². The van der Waals surface area contributed by atoms with E-state index in [9.17, 15) is 0 Å². The van der Waals surface area contributed by atoms with E-state index in [1.165, 1.54) is 23.5 Å². The Morgan fingerprint density at radius 2 is 2.27 bits per heavy atom. The highest BCUT2D eigenvalue weighted by molar-refractivity contribution is 5.56. The van der Waals surface area contributed by atoms with E-state index in [0.717, 1.165) is 13.1 Å². The molecular formula is C13H16N2. The molecule has 0 bridgehead atoms. The van der Waals surface area contributed by atoms with Crippen LogP contribution >= 0.6 is 0 Å². The first-order valence-electron chi connectivity index (χ1n) is 5.77. The van der Waals surface area contributed by atoms with E-state index in [1.54, 1.807) is 5.57 Å². The maximum atomic E-state index is 4.78. The van der Waals surface area contributed by atoms with Gasteiger partial charge in [-0.1, -0.05) is 25.1 Å². The quantitative estimate of drug-likeness (QED) is 0.647. The van der Waals surface area contributed by atoms with Gasteiger partial charge in [0.05, 0.1) is 11.4 Å². The summed E-state index contributed by atoms with van der Waals surface area (Å²) in [4.78, 5) is 7.28. The largest absolute Gasteiger partial charge is 0.299 e. The highest BCUT2D eigenvalue weighted by Gasteiger charge is 2.25. The maximum Gasteiger partial charge on any atom is 0.0750 e. The van der Waals surface area contributed by atoms with Gasteiger partial charge in [0, 0.05) is 18.3 Å². The second-order valence-electron chi connectivity index (χ2n) is 4.34. The summed E-state index contributed by atoms with van der Waals surface area (Å²) in [7, 11) is 0. The highest BCUT2D eigenvalue weighted by Crippen LogP contribution is 2.20. The standard InChI is InChI=1S/C13H16N2/c1-2-15-8-7-13-11(9-15)10-5-3-4-6-12(10)14-13/h3-6,13H,2,7-9H2,1H3. The summed E-state index contributed by atoms with van der Waals surface area (Å²) < 4.78 is 0. The molecule has 0 amide bonds. The van der Waals surface area contributed by atoms with Crippen LogP contribution < -0.4 is 10.6 Å². The fraction of sp³-hybridized carbons (Fsp3) is 0.462. The molecule has 1 saturated heterocycles. The highest BCUT2D eigenvalue weighted by atomic mass is 15.1. The topological polar surface area (TPSA) is 15.6 Å². The van der Waals surface area contributed by atoms with Crippen LogP contribution in [0.5, 0.6) is 0 Å². The van der Waals surface area contributed by atoms with Crippen molar-refractivity contribution in [3.8, 4) is 0 Å². The number of hydrogen-bond donors (Lipinski definition) is 0. The van der Waals surface area contributed by atoms with E-state index >= 15 is 0 Å². The Morgan fingerprint density at radius 3 is 3.13 bits per heavy atom. The van der Waals surface area contributed by atoms with Gasteiger partial charge in [-0.05, 0) is 24.6 Å². The summed E-state index contributed by atoms with van der Waals surface area (Å²) >= 11 is 0. The molecule has 1 aromatic carbocycles. The molecule has 0 radical (unpaired) electrons. The van der Waals surface area contributed by atoms with Crippen molar-refractivity contribution in [1.82, 2.24) is 4.90 Å². The number of para-hydroxylation sites is 1. The minimum absolute atomic E-state index is 0.477. The monoisotopic (exact) mass is 200 g/mol. The van der Waals surface area contributed by atoms with Gasteiger partial charge < -0.3 is 0 Å². The van der Waals surface area contributed by atoms with Crippen LogP contribution in [0.2, 0.25) is 0 Å². The fourth-order valence-electron chi connectivity index (χ4n) is 2.61. The van der Waals surface area contributed by atoms with Gasteiger partial charge in [-0.3, -0.25) is 9.89 Å². The molecule has 0 aromatic heterocycles. The Hall–Kier alpha value is -1.15. The summed E-state index contributed by atoms with van der Waals surface area (Å²) in [5.41, 5.74) is 1.54. The summed E-state index contributed by atoms with van der Waals surface area (Å²) in [6, 6.07) is 9.03. The van der Waals surface area contributed by atoms with Crippen molar-refractivity contribution < 1.29 is 0 Å². The molecule has 3 rings (SSSR count). The number of piperidine rings is 1. The molecule has 15 heavy (non-hydrogen) atoms. The average Bonchev–Trinajstić information content (AvgIpc) is 2.66. The number of rotatable bonds is 1. The molecule has 0 aliphatic carbocycles. The summed E-state index contributed by atoms with van der Waals surface area (Å²) in [5, 5.41) is 2.59. The summed E-state index contributed by atoms with van der Waals surface area (Å²) in [6.45, 7) is 5.70. The second kappa shape index (κ2) is 3.46. The van der Waals surface area contributed by atoms with Gasteiger partial charge in [0.2, 0.25) is 0 Å². The number of fused-ring (bicyclic) bond motifs is 2. The predicted molar refractivity (Wildman–Crippen MR) is 61.2 cm³/mol. The molecule has 1 aromatic rings. The van der Waals surface area contributed by atoms with Crippen LogP contribution in [0.1, 0.15) is 13.3 Å². The van der Waals surface area contributed by atoms with Gasteiger partial charge in [-0.25, -0.2) is 0 Å². The van der Waals surface area contributed by atoms with Crippen LogP contribution in [0.15, 0.2) is 29.3 Å². The molecule has 78 valence electrons. The Morgan fingerprint density at radius 1 is 1.40 bits per heavy atom. The van der Waals surface area contributed by atoms with Crippen LogP contribution in [0.4, 0.5) is 0 Å². The zero-order valence-corrected chi connectivity index (χ0v) is 9.11. The first-order valence-corrected chi connectivity index (χ1v) is 5.77. The van der Waals surface area contributed by atoms with E-state index in [0.29, 0.717) is 6.04 Å². The Bertz CT molecular complexity index is 490. The summed E-state index contributed by atoms with van der Waals surface area (Å²) in [5.74, 6) is 0. The molecule has 1 fully saturated rings. The van der Waals surface area contributed by atoms with Gasteiger partial charge in [-0.2, -0.15) is 0 Å². The lowest BCUT2D eigenvalue weighted by Crippen LogP contribution is -2.37. The molecule has 2 aliphatic heterocycles. The molecular weight excluding hydrogens is 184 g/mol. The van der Waals surface area contributed by atoms with Crippen molar-refractivity contribution in [2.75, 3.05) is 19.6 Å². The molecule has 2 aliphatic rings. The van der Waals surface area contributed by atoms with E-state index in [4.69, 9.17) is 4.99 Å². The normalized spacial score (nSPS) is 24.6. The van der Waals surface area contributed by atoms with Crippen molar-refractivity contribution in [3.05, 3.63) is 34.8 Å². The molecule has 0 spiro atoms. The third kappa shape index (κ3) is 1.40. The third-order valence-corrected chi connectivity index (χ3v) is 3.51. The van der Waals surface area contributed by atoms with Crippen LogP contribution in [-0.4, -0.2) is 30.6 Å². The first-order chi connectivity index (χ1) is 7.38. The van der Waals surface area contributed by atoms with Crippen LogP contribution in [0.3, 0.4) is 0 Å². The van der Waals surface area contributed by atoms with Crippen LogP contribution in [-0.2, 0) is 0 Å². The molecule has 1 atom stereocenters. The lowest BCUT2D eigenvalue weighted by Gasteiger charge is -2.29. The lowest BCUT2D eigenvalue weighted by atomic mass is 9.99.